The van der Waals surface area contributed by atoms with Gasteiger partial charge < -0.3 is 14.8 Å². The number of benzene rings is 2. The smallest absolute Gasteiger partial charge is 0.387 e. The zero-order valence-corrected chi connectivity index (χ0v) is 13.2. The Hall–Kier alpha value is -2.74. The first-order valence-corrected chi connectivity index (χ1v) is 7.20. The van der Waals surface area contributed by atoms with Gasteiger partial charge in [-0.1, -0.05) is 23.7 Å². The zero-order valence-electron chi connectivity index (χ0n) is 12.5. The van der Waals surface area contributed by atoms with E-state index in [0.29, 0.717) is 0 Å². The number of halogens is 4. The van der Waals surface area contributed by atoms with Crippen LogP contribution in [0.25, 0.3) is 0 Å². The van der Waals surface area contributed by atoms with Crippen molar-refractivity contribution in [2.24, 2.45) is 0 Å². The monoisotopic (exact) mass is 373 g/mol. The van der Waals surface area contributed by atoms with E-state index in [9.17, 15) is 22.8 Å². The highest BCUT2D eigenvalue weighted by atomic mass is 35.5. The third-order valence-corrected chi connectivity index (χ3v) is 3.10. The maximum absolute atomic E-state index is 13.6. The molecule has 0 saturated carbocycles. The molecule has 9 heteroatoms. The van der Waals surface area contributed by atoms with Crippen LogP contribution in [0.2, 0.25) is 5.02 Å². The number of carbonyl (C=O) groups is 2. The highest BCUT2D eigenvalue weighted by molar-refractivity contribution is 6.30. The molecule has 0 spiro atoms. The Morgan fingerprint density at radius 3 is 2.56 bits per heavy atom. The molecule has 132 valence electrons. The fourth-order valence-electron chi connectivity index (χ4n) is 1.82. The summed E-state index contributed by atoms with van der Waals surface area (Å²) in [5.41, 5.74) is -0.417. The molecule has 0 saturated heterocycles. The number of hydrogen-bond donors (Lipinski definition) is 1. The summed E-state index contributed by atoms with van der Waals surface area (Å²) in [6.07, 6.45) is 0. The van der Waals surface area contributed by atoms with Crippen LogP contribution in [0.1, 0.15) is 10.4 Å². The molecule has 0 fully saturated rings. The summed E-state index contributed by atoms with van der Waals surface area (Å²) >= 11 is 5.59. The molecule has 0 unspecified atom stereocenters. The number of anilines is 1. The van der Waals surface area contributed by atoms with Crippen LogP contribution in [0.5, 0.6) is 5.75 Å². The van der Waals surface area contributed by atoms with E-state index < -0.39 is 30.9 Å². The first-order chi connectivity index (χ1) is 11.9. The molecular weight excluding hydrogens is 363 g/mol. The van der Waals surface area contributed by atoms with Gasteiger partial charge in [0.15, 0.2) is 6.61 Å². The number of rotatable bonds is 6. The Kier molecular flexibility index (Phi) is 6.24. The molecule has 0 radical (unpaired) electrons. The minimum absolute atomic E-state index is 0.146. The van der Waals surface area contributed by atoms with Crippen molar-refractivity contribution in [3.8, 4) is 5.75 Å². The number of alkyl halides is 2. The summed E-state index contributed by atoms with van der Waals surface area (Å²) in [6.45, 7) is -3.87. The summed E-state index contributed by atoms with van der Waals surface area (Å²) in [5, 5.41) is 2.34. The molecule has 5 nitrogen and oxygen atoms in total. The lowest BCUT2D eigenvalue weighted by Crippen LogP contribution is -2.22. The van der Waals surface area contributed by atoms with Gasteiger partial charge in [-0.2, -0.15) is 8.78 Å². The predicted octanol–water partition coefficient (Wildman–Crippen LogP) is 3.88. The van der Waals surface area contributed by atoms with Crippen LogP contribution in [0.4, 0.5) is 18.9 Å². The minimum Gasteiger partial charge on any atom is -0.452 e. The summed E-state index contributed by atoms with van der Waals surface area (Å²) in [5.74, 6) is -3.00. The van der Waals surface area contributed by atoms with Crippen molar-refractivity contribution in [3.05, 3.63) is 58.9 Å². The van der Waals surface area contributed by atoms with Crippen LogP contribution in [0.15, 0.2) is 42.5 Å². The van der Waals surface area contributed by atoms with Crippen LogP contribution < -0.4 is 10.1 Å². The Morgan fingerprint density at radius 2 is 1.88 bits per heavy atom. The second-order valence-electron chi connectivity index (χ2n) is 4.62. The lowest BCUT2D eigenvalue weighted by Gasteiger charge is -2.10. The van der Waals surface area contributed by atoms with Gasteiger partial charge in [0.05, 0.1) is 5.69 Å². The highest BCUT2D eigenvalue weighted by Gasteiger charge is 2.18. The number of para-hydroxylation sites is 1. The maximum Gasteiger partial charge on any atom is 0.387 e. The van der Waals surface area contributed by atoms with E-state index in [1.165, 1.54) is 30.3 Å². The van der Waals surface area contributed by atoms with Crippen molar-refractivity contribution in [3.63, 3.8) is 0 Å². The number of carbonyl (C=O) groups excluding carboxylic acids is 2. The number of hydrogen-bond acceptors (Lipinski definition) is 4. The Balaban J connectivity index is 1.97. The van der Waals surface area contributed by atoms with Crippen molar-refractivity contribution < 1.29 is 32.2 Å². The van der Waals surface area contributed by atoms with Crippen molar-refractivity contribution in [2.45, 2.75) is 6.61 Å². The van der Waals surface area contributed by atoms with Gasteiger partial charge in [-0.05, 0) is 30.3 Å². The van der Waals surface area contributed by atoms with Crippen molar-refractivity contribution in [1.82, 2.24) is 0 Å². The number of nitrogens with one attached hydrogen (secondary N) is 1. The summed E-state index contributed by atoms with van der Waals surface area (Å²) < 4.78 is 47.1. The van der Waals surface area contributed by atoms with E-state index in [2.05, 4.69) is 10.1 Å². The van der Waals surface area contributed by atoms with E-state index in [-0.39, 0.29) is 22.0 Å². The van der Waals surface area contributed by atoms with Gasteiger partial charge in [0.1, 0.15) is 17.1 Å². The summed E-state index contributed by atoms with van der Waals surface area (Å²) in [7, 11) is 0. The first-order valence-electron chi connectivity index (χ1n) is 6.82. The Morgan fingerprint density at radius 1 is 1.16 bits per heavy atom. The van der Waals surface area contributed by atoms with Crippen LogP contribution in [0, 0.1) is 5.82 Å². The average molecular weight is 374 g/mol. The molecular formula is C16H11ClF3NO4. The predicted molar refractivity (Wildman–Crippen MR) is 83.4 cm³/mol. The van der Waals surface area contributed by atoms with Gasteiger partial charge in [-0.25, -0.2) is 9.18 Å². The van der Waals surface area contributed by atoms with Crippen molar-refractivity contribution in [2.75, 3.05) is 11.9 Å². The lowest BCUT2D eigenvalue weighted by atomic mass is 10.2. The molecule has 2 aromatic carbocycles. The molecule has 1 N–H and O–H groups in total. The quantitative estimate of drug-likeness (QED) is 0.780. The molecule has 2 rings (SSSR count). The van der Waals surface area contributed by atoms with Gasteiger partial charge in [0.2, 0.25) is 0 Å². The fraction of sp³-hybridized carbons (Fsp3) is 0.125. The van der Waals surface area contributed by atoms with Crippen molar-refractivity contribution in [1.29, 1.82) is 0 Å². The molecule has 1 amide bonds. The van der Waals surface area contributed by atoms with Crippen LogP contribution in [0.3, 0.4) is 0 Å². The second-order valence-corrected chi connectivity index (χ2v) is 5.06. The number of ether oxygens (including phenoxy) is 2. The molecule has 0 bridgehead atoms. The third-order valence-electron chi connectivity index (χ3n) is 2.86. The van der Waals surface area contributed by atoms with Gasteiger partial charge in [0.25, 0.3) is 5.91 Å². The normalized spacial score (nSPS) is 10.4. The van der Waals surface area contributed by atoms with Crippen LogP contribution in [-0.2, 0) is 9.53 Å². The number of amides is 1. The first kappa shape index (κ1) is 18.6. The highest BCUT2D eigenvalue weighted by Crippen LogP contribution is 2.21. The van der Waals surface area contributed by atoms with Gasteiger partial charge in [-0.15, -0.1) is 0 Å². The fourth-order valence-corrected chi connectivity index (χ4v) is 1.98. The SMILES string of the molecule is O=C(COC(=O)c1ccccc1OC(F)F)Nc1ccc(Cl)cc1F. The topological polar surface area (TPSA) is 64.6 Å². The molecule has 25 heavy (non-hydrogen) atoms. The van der Waals surface area contributed by atoms with E-state index in [1.807, 2.05) is 0 Å². The van der Waals surface area contributed by atoms with E-state index in [4.69, 9.17) is 16.3 Å². The standard InChI is InChI=1S/C16H11ClF3NO4/c17-9-5-6-12(11(18)7-9)21-14(22)8-24-15(23)10-3-1-2-4-13(10)25-16(19)20/h1-7,16H,8H2,(H,21,22). The lowest BCUT2D eigenvalue weighted by molar-refractivity contribution is -0.119. The van der Waals surface area contributed by atoms with E-state index in [1.54, 1.807) is 0 Å². The second kappa shape index (κ2) is 8.39. The molecule has 0 aliphatic heterocycles. The molecule has 0 atom stereocenters. The summed E-state index contributed by atoms with van der Waals surface area (Å²) in [6, 6.07) is 8.78. The summed E-state index contributed by atoms with van der Waals surface area (Å²) in [4.78, 5) is 23.6. The van der Waals surface area contributed by atoms with Gasteiger partial charge in [0, 0.05) is 5.02 Å². The maximum atomic E-state index is 13.6. The number of esters is 1. The van der Waals surface area contributed by atoms with Crippen LogP contribution in [-0.4, -0.2) is 25.1 Å². The van der Waals surface area contributed by atoms with Gasteiger partial charge in [-0.3, -0.25) is 4.79 Å². The van der Waals surface area contributed by atoms with Crippen LogP contribution >= 0.6 is 11.6 Å². The molecule has 0 heterocycles. The average Bonchev–Trinajstić information content (AvgIpc) is 2.55. The minimum atomic E-state index is -3.12. The van der Waals surface area contributed by atoms with Crippen molar-refractivity contribution >= 4 is 29.2 Å². The third kappa shape index (κ3) is 5.39. The Bertz CT molecular complexity index is 786. The van der Waals surface area contributed by atoms with E-state index in [0.717, 1.165) is 12.1 Å². The molecule has 2 aromatic rings. The molecule has 0 aliphatic rings. The Labute approximate surface area is 145 Å². The van der Waals surface area contributed by atoms with E-state index >= 15 is 0 Å². The van der Waals surface area contributed by atoms with Gasteiger partial charge >= 0.3 is 12.6 Å². The zero-order chi connectivity index (χ0) is 18.4. The molecule has 0 aliphatic carbocycles. The molecule has 0 aromatic heterocycles. The largest absolute Gasteiger partial charge is 0.452 e.